The second-order valence-electron chi connectivity index (χ2n) is 3.87. The monoisotopic (exact) mass is 244 g/mol. The van der Waals surface area contributed by atoms with Crippen molar-refractivity contribution in [2.45, 2.75) is 6.42 Å². The van der Waals surface area contributed by atoms with Crippen molar-refractivity contribution in [3.05, 3.63) is 90.5 Å². The van der Waals surface area contributed by atoms with Gasteiger partial charge in [0, 0.05) is 0 Å². The van der Waals surface area contributed by atoms with E-state index < -0.39 is 0 Å². The molecule has 0 aliphatic rings. The molecule has 0 nitrogen and oxygen atoms in total. The fourth-order valence-corrected chi connectivity index (χ4v) is 1.84. The summed E-state index contributed by atoms with van der Waals surface area (Å²) < 4.78 is 0. The van der Waals surface area contributed by atoms with Crippen LogP contribution < -0.4 is 0 Å². The van der Waals surface area contributed by atoms with E-state index in [0.717, 1.165) is 6.42 Å². The maximum absolute atomic E-state index is 3.78. The van der Waals surface area contributed by atoms with Gasteiger partial charge < -0.3 is 0 Å². The molecule has 0 atom stereocenters. The summed E-state index contributed by atoms with van der Waals surface area (Å²) in [6.45, 7) is 3.78. The molecule has 1 heteroatoms. The molecule has 0 unspecified atom stereocenters. The summed E-state index contributed by atoms with van der Waals surface area (Å²) in [6, 6.07) is 20.9. The topological polar surface area (TPSA) is 0 Å². The molecule has 0 saturated heterocycles. The number of rotatable bonds is 4. The van der Waals surface area contributed by atoms with Gasteiger partial charge in [-0.2, -0.15) is 0 Å². The first kappa shape index (κ1) is 15.0. The molecule has 0 amide bonds. The van der Waals surface area contributed by atoms with Crippen molar-refractivity contribution in [1.82, 2.24) is 0 Å². The standard InChI is InChI=1S/C17H16.Na.H/c1-2-3-14-17(15-10-6-4-7-11-15)16-12-8-5-9-13-16;;/h2,4-14H,1,3H2;;. The second-order valence-corrected chi connectivity index (χ2v) is 3.87. The molecule has 0 spiro atoms. The van der Waals surface area contributed by atoms with Gasteiger partial charge in [0.05, 0.1) is 0 Å². The van der Waals surface area contributed by atoms with Gasteiger partial charge in [0.1, 0.15) is 0 Å². The minimum absolute atomic E-state index is 0. The van der Waals surface area contributed by atoms with Crippen LogP contribution in [0, 0.1) is 0 Å². The van der Waals surface area contributed by atoms with Crippen LogP contribution in [0.1, 0.15) is 17.5 Å². The van der Waals surface area contributed by atoms with Crippen LogP contribution in [0.5, 0.6) is 0 Å². The van der Waals surface area contributed by atoms with E-state index in [2.05, 4.69) is 61.2 Å². The third-order valence-corrected chi connectivity index (χ3v) is 2.66. The van der Waals surface area contributed by atoms with Crippen molar-refractivity contribution in [2.75, 3.05) is 0 Å². The van der Waals surface area contributed by atoms with E-state index in [1.54, 1.807) is 0 Å². The molecule has 0 aromatic heterocycles. The van der Waals surface area contributed by atoms with E-state index in [-0.39, 0.29) is 29.6 Å². The predicted molar refractivity (Wildman–Crippen MR) is 81.9 cm³/mol. The molecular formula is C17H17Na. The van der Waals surface area contributed by atoms with E-state index in [1.165, 1.54) is 16.7 Å². The fourth-order valence-electron chi connectivity index (χ4n) is 1.84. The van der Waals surface area contributed by atoms with Gasteiger partial charge in [0.25, 0.3) is 0 Å². The molecule has 0 heterocycles. The molecule has 0 radical (unpaired) electrons. The Hall–Kier alpha value is -1.08. The molecule has 0 N–H and O–H groups in total. The quantitative estimate of drug-likeness (QED) is 0.562. The Labute approximate surface area is 131 Å². The van der Waals surface area contributed by atoms with Gasteiger partial charge in [-0.05, 0) is 23.1 Å². The Kier molecular flexibility index (Phi) is 6.74. The van der Waals surface area contributed by atoms with Crippen LogP contribution in [0.15, 0.2) is 79.4 Å². The molecule has 0 bridgehead atoms. The second kappa shape index (κ2) is 8.10. The van der Waals surface area contributed by atoms with Crippen LogP contribution in [0.4, 0.5) is 0 Å². The van der Waals surface area contributed by atoms with Gasteiger partial charge >= 0.3 is 29.6 Å². The van der Waals surface area contributed by atoms with Gasteiger partial charge in [0.2, 0.25) is 0 Å². The summed E-state index contributed by atoms with van der Waals surface area (Å²) in [5.41, 5.74) is 3.77. The summed E-state index contributed by atoms with van der Waals surface area (Å²) in [5.74, 6) is 0. The number of hydrogen-bond acceptors (Lipinski definition) is 0. The Morgan fingerprint density at radius 3 is 1.67 bits per heavy atom. The van der Waals surface area contributed by atoms with Gasteiger partial charge in [0.15, 0.2) is 0 Å². The average molecular weight is 244 g/mol. The molecule has 18 heavy (non-hydrogen) atoms. The molecule has 0 fully saturated rings. The van der Waals surface area contributed by atoms with Crippen molar-refractivity contribution in [3.8, 4) is 0 Å². The van der Waals surface area contributed by atoms with Crippen molar-refractivity contribution in [3.63, 3.8) is 0 Å². The van der Waals surface area contributed by atoms with E-state index >= 15 is 0 Å². The van der Waals surface area contributed by atoms with Crippen molar-refractivity contribution in [2.24, 2.45) is 0 Å². The maximum atomic E-state index is 3.78. The van der Waals surface area contributed by atoms with Gasteiger partial charge in [-0.3, -0.25) is 0 Å². The summed E-state index contributed by atoms with van der Waals surface area (Å²) in [6.07, 6.45) is 5.03. The number of benzene rings is 2. The number of hydrogen-bond donors (Lipinski definition) is 0. The van der Waals surface area contributed by atoms with Crippen LogP contribution >= 0.6 is 0 Å². The van der Waals surface area contributed by atoms with Gasteiger partial charge in [-0.15, -0.1) is 6.58 Å². The molecule has 0 aliphatic carbocycles. The summed E-state index contributed by atoms with van der Waals surface area (Å²) in [5, 5.41) is 0. The Balaban J connectivity index is 0.00000162. The zero-order valence-electron chi connectivity index (χ0n) is 9.84. The number of allylic oxidation sites excluding steroid dienone is 2. The van der Waals surface area contributed by atoms with E-state index in [1.807, 2.05) is 18.2 Å². The van der Waals surface area contributed by atoms with Crippen LogP contribution in [-0.2, 0) is 0 Å². The molecular weight excluding hydrogens is 227 g/mol. The molecule has 86 valence electrons. The molecule has 0 aliphatic heterocycles. The van der Waals surface area contributed by atoms with Crippen molar-refractivity contribution < 1.29 is 0 Å². The zero-order valence-corrected chi connectivity index (χ0v) is 9.84. The van der Waals surface area contributed by atoms with Crippen LogP contribution in [0.2, 0.25) is 0 Å². The zero-order chi connectivity index (χ0) is 11.9. The van der Waals surface area contributed by atoms with Gasteiger partial charge in [-0.25, -0.2) is 0 Å². The minimum atomic E-state index is 0. The van der Waals surface area contributed by atoms with Crippen LogP contribution in [0.3, 0.4) is 0 Å². The molecule has 2 aromatic rings. The van der Waals surface area contributed by atoms with Crippen LogP contribution in [-0.4, -0.2) is 29.6 Å². The van der Waals surface area contributed by atoms with E-state index in [9.17, 15) is 0 Å². The van der Waals surface area contributed by atoms with Crippen molar-refractivity contribution in [1.29, 1.82) is 0 Å². The first-order chi connectivity index (χ1) is 8.42. The van der Waals surface area contributed by atoms with E-state index in [4.69, 9.17) is 0 Å². The van der Waals surface area contributed by atoms with Crippen molar-refractivity contribution >= 4 is 35.1 Å². The first-order valence-electron chi connectivity index (χ1n) is 5.83. The first-order valence-corrected chi connectivity index (χ1v) is 5.83. The third kappa shape index (κ3) is 3.99. The summed E-state index contributed by atoms with van der Waals surface area (Å²) in [7, 11) is 0. The van der Waals surface area contributed by atoms with Gasteiger partial charge in [-0.1, -0.05) is 72.8 Å². The summed E-state index contributed by atoms with van der Waals surface area (Å²) in [4.78, 5) is 0. The molecule has 0 saturated carbocycles. The average Bonchev–Trinajstić information content (AvgIpc) is 2.42. The Bertz CT molecular complexity index is 456. The predicted octanol–water partition coefficient (Wildman–Crippen LogP) is 4.05. The summed E-state index contributed by atoms with van der Waals surface area (Å²) >= 11 is 0. The third-order valence-electron chi connectivity index (χ3n) is 2.66. The fraction of sp³-hybridized carbons (Fsp3) is 0.0588. The molecule has 2 aromatic carbocycles. The Morgan fingerprint density at radius 1 is 0.833 bits per heavy atom. The normalized spacial score (nSPS) is 9.11. The van der Waals surface area contributed by atoms with E-state index in [0.29, 0.717) is 0 Å². The molecule has 2 rings (SSSR count). The SMILES string of the molecule is C=CCC=C(c1ccccc1)c1ccccc1.[NaH]. The van der Waals surface area contributed by atoms with Crippen LogP contribution in [0.25, 0.3) is 5.57 Å². The Morgan fingerprint density at radius 2 is 1.28 bits per heavy atom.